The molecular formula is C19H28N4O. The van der Waals surface area contributed by atoms with E-state index in [0.29, 0.717) is 18.0 Å². The number of guanidine groups is 1. The van der Waals surface area contributed by atoms with E-state index in [1.165, 1.54) is 37.8 Å². The second-order valence-corrected chi connectivity index (χ2v) is 7.33. The van der Waals surface area contributed by atoms with Crippen LogP contribution in [0.5, 0.6) is 5.75 Å². The number of nitrogens with one attached hydrogen (secondary N) is 2. The van der Waals surface area contributed by atoms with Gasteiger partial charge in [-0.1, -0.05) is 6.07 Å². The molecule has 1 heterocycles. The third-order valence-corrected chi connectivity index (χ3v) is 5.05. The molecule has 4 rings (SSSR count). The number of methoxy groups -OCH3 is 1. The molecule has 0 unspecified atom stereocenters. The van der Waals surface area contributed by atoms with Crippen LogP contribution in [0.25, 0.3) is 0 Å². The monoisotopic (exact) mass is 328 g/mol. The Morgan fingerprint density at radius 1 is 1.17 bits per heavy atom. The molecular weight excluding hydrogens is 300 g/mol. The van der Waals surface area contributed by atoms with Gasteiger partial charge in [-0.2, -0.15) is 0 Å². The molecule has 5 nitrogen and oxygen atoms in total. The Morgan fingerprint density at radius 3 is 2.58 bits per heavy atom. The maximum atomic E-state index is 5.34. The zero-order valence-electron chi connectivity index (χ0n) is 14.5. The van der Waals surface area contributed by atoms with Gasteiger partial charge in [-0.3, -0.25) is 4.99 Å². The number of nitrogens with zero attached hydrogens (tertiary/aromatic N) is 2. The summed E-state index contributed by atoms with van der Waals surface area (Å²) in [4.78, 5) is 7.32. The van der Waals surface area contributed by atoms with Crippen molar-refractivity contribution in [2.24, 2.45) is 10.9 Å². The first-order valence-electron chi connectivity index (χ1n) is 9.26. The van der Waals surface area contributed by atoms with E-state index in [1.807, 2.05) is 6.07 Å². The quantitative estimate of drug-likeness (QED) is 0.622. The Labute approximate surface area is 144 Å². The van der Waals surface area contributed by atoms with E-state index in [0.717, 1.165) is 31.3 Å². The average Bonchev–Trinajstić information content (AvgIpc) is 3.54. The third kappa shape index (κ3) is 4.13. The third-order valence-electron chi connectivity index (χ3n) is 5.05. The maximum Gasteiger partial charge on any atom is 0.191 e. The van der Waals surface area contributed by atoms with Crippen LogP contribution in [0.1, 0.15) is 32.1 Å². The largest absolute Gasteiger partial charge is 0.497 e. The van der Waals surface area contributed by atoms with Gasteiger partial charge in [0.25, 0.3) is 0 Å². The van der Waals surface area contributed by atoms with Crippen LogP contribution in [0.3, 0.4) is 0 Å². The van der Waals surface area contributed by atoms with E-state index in [2.05, 4.69) is 33.7 Å². The van der Waals surface area contributed by atoms with Gasteiger partial charge < -0.3 is 20.3 Å². The van der Waals surface area contributed by atoms with Crippen molar-refractivity contribution in [3.05, 3.63) is 24.3 Å². The number of hydrogen-bond donors (Lipinski definition) is 2. The zero-order valence-corrected chi connectivity index (χ0v) is 14.5. The Hall–Kier alpha value is -1.91. The van der Waals surface area contributed by atoms with Gasteiger partial charge in [-0.15, -0.1) is 0 Å². The lowest BCUT2D eigenvalue weighted by atomic mass is 10.1. The van der Waals surface area contributed by atoms with Crippen LogP contribution in [0, 0.1) is 5.92 Å². The molecule has 1 aromatic rings. The minimum Gasteiger partial charge on any atom is -0.497 e. The molecule has 0 bridgehead atoms. The first-order valence-corrected chi connectivity index (χ1v) is 9.26. The van der Waals surface area contributed by atoms with Gasteiger partial charge in [-0.05, 0) is 50.2 Å². The minimum absolute atomic E-state index is 0.633. The maximum absolute atomic E-state index is 5.34. The summed E-state index contributed by atoms with van der Waals surface area (Å²) in [6.45, 7) is 3.10. The lowest BCUT2D eigenvalue weighted by Crippen LogP contribution is -2.40. The summed E-state index contributed by atoms with van der Waals surface area (Å²) in [5.41, 5.74) is 1.26. The van der Waals surface area contributed by atoms with Gasteiger partial charge in [-0.25, -0.2) is 0 Å². The number of aliphatic imine (C=N–C) groups is 1. The van der Waals surface area contributed by atoms with E-state index in [1.54, 1.807) is 7.11 Å². The standard InChI is InChI=1S/C19H28N4O/c1-24-18-4-2-3-17(11-18)23-10-9-14(13-23)12-20-19(21-15-5-6-15)22-16-7-8-16/h2-4,11,14-16H,5-10,12-13H2,1H3,(H2,20,21,22)/t14-/m1/s1. The summed E-state index contributed by atoms with van der Waals surface area (Å²) in [6, 6.07) is 9.68. The fraction of sp³-hybridized carbons (Fsp3) is 0.632. The van der Waals surface area contributed by atoms with Crippen molar-refractivity contribution < 1.29 is 4.74 Å². The van der Waals surface area contributed by atoms with Crippen molar-refractivity contribution in [2.45, 2.75) is 44.2 Å². The van der Waals surface area contributed by atoms with E-state index in [9.17, 15) is 0 Å². The van der Waals surface area contributed by atoms with Gasteiger partial charge in [0.15, 0.2) is 5.96 Å². The predicted molar refractivity (Wildman–Crippen MR) is 97.9 cm³/mol. The fourth-order valence-corrected chi connectivity index (χ4v) is 3.22. The van der Waals surface area contributed by atoms with Crippen molar-refractivity contribution in [1.82, 2.24) is 10.6 Å². The molecule has 1 aromatic carbocycles. The molecule has 2 N–H and O–H groups in total. The summed E-state index contributed by atoms with van der Waals surface area (Å²) in [6.07, 6.45) is 6.37. The summed E-state index contributed by atoms with van der Waals surface area (Å²) in [7, 11) is 1.72. The molecule has 3 fully saturated rings. The van der Waals surface area contributed by atoms with E-state index in [-0.39, 0.29) is 0 Å². The first-order chi connectivity index (χ1) is 11.8. The van der Waals surface area contributed by atoms with Crippen molar-refractivity contribution >= 4 is 11.6 Å². The molecule has 0 spiro atoms. The zero-order chi connectivity index (χ0) is 16.4. The van der Waals surface area contributed by atoms with Crippen molar-refractivity contribution in [3.63, 3.8) is 0 Å². The Bertz CT molecular complexity index is 579. The fourth-order valence-electron chi connectivity index (χ4n) is 3.22. The van der Waals surface area contributed by atoms with E-state index < -0.39 is 0 Å². The van der Waals surface area contributed by atoms with Crippen LogP contribution in [-0.2, 0) is 0 Å². The first kappa shape index (κ1) is 15.6. The molecule has 0 radical (unpaired) electrons. The molecule has 0 aromatic heterocycles. The lowest BCUT2D eigenvalue weighted by molar-refractivity contribution is 0.415. The predicted octanol–water partition coefficient (Wildman–Crippen LogP) is 2.38. The van der Waals surface area contributed by atoms with Gasteiger partial charge in [0.2, 0.25) is 0 Å². The van der Waals surface area contributed by atoms with Crippen LogP contribution in [-0.4, -0.2) is 44.8 Å². The lowest BCUT2D eigenvalue weighted by Gasteiger charge is -2.19. The van der Waals surface area contributed by atoms with Gasteiger partial charge in [0.1, 0.15) is 5.75 Å². The number of anilines is 1. The molecule has 2 aliphatic carbocycles. The SMILES string of the molecule is COc1cccc(N2CC[C@H](CN=C(NC3CC3)NC3CC3)C2)c1. The molecule has 0 amide bonds. The normalized spacial score (nSPS) is 23.0. The molecule has 24 heavy (non-hydrogen) atoms. The minimum atomic E-state index is 0.633. The number of hydrogen-bond acceptors (Lipinski definition) is 3. The topological polar surface area (TPSA) is 48.9 Å². The Morgan fingerprint density at radius 2 is 1.92 bits per heavy atom. The number of benzene rings is 1. The molecule has 5 heteroatoms. The molecule has 2 saturated carbocycles. The van der Waals surface area contributed by atoms with Crippen LogP contribution >= 0.6 is 0 Å². The summed E-state index contributed by atoms with van der Waals surface area (Å²) < 4.78 is 5.34. The Balaban J connectivity index is 1.32. The van der Waals surface area contributed by atoms with Crippen molar-refractivity contribution in [3.8, 4) is 5.75 Å². The average molecular weight is 328 g/mol. The number of ether oxygens (including phenoxy) is 1. The summed E-state index contributed by atoms with van der Waals surface area (Å²) >= 11 is 0. The second-order valence-electron chi connectivity index (χ2n) is 7.33. The smallest absolute Gasteiger partial charge is 0.191 e. The van der Waals surface area contributed by atoms with Gasteiger partial charge >= 0.3 is 0 Å². The summed E-state index contributed by atoms with van der Waals surface area (Å²) in [5, 5.41) is 7.11. The highest BCUT2D eigenvalue weighted by molar-refractivity contribution is 5.81. The van der Waals surface area contributed by atoms with Gasteiger partial charge in [0, 0.05) is 43.5 Å². The van der Waals surface area contributed by atoms with E-state index in [4.69, 9.17) is 9.73 Å². The molecule has 1 saturated heterocycles. The van der Waals surface area contributed by atoms with Gasteiger partial charge in [0.05, 0.1) is 7.11 Å². The highest BCUT2D eigenvalue weighted by Gasteiger charge is 2.28. The van der Waals surface area contributed by atoms with Crippen LogP contribution in [0.15, 0.2) is 29.3 Å². The highest BCUT2D eigenvalue weighted by atomic mass is 16.5. The van der Waals surface area contributed by atoms with E-state index >= 15 is 0 Å². The summed E-state index contributed by atoms with van der Waals surface area (Å²) in [5.74, 6) is 2.60. The van der Waals surface area contributed by atoms with Crippen molar-refractivity contribution in [2.75, 3.05) is 31.6 Å². The molecule has 3 aliphatic rings. The molecule has 1 atom stereocenters. The number of rotatable bonds is 6. The van der Waals surface area contributed by atoms with Crippen LogP contribution in [0.2, 0.25) is 0 Å². The Kier molecular flexibility index (Phi) is 4.50. The molecule has 1 aliphatic heterocycles. The second kappa shape index (κ2) is 6.91. The highest BCUT2D eigenvalue weighted by Crippen LogP contribution is 2.27. The van der Waals surface area contributed by atoms with Crippen LogP contribution in [0.4, 0.5) is 5.69 Å². The van der Waals surface area contributed by atoms with Crippen molar-refractivity contribution in [1.29, 1.82) is 0 Å². The van der Waals surface area contributed by atoms with Crippen LogP contribution < -0.4 is 20.3 Å². The molecule has 130 valence electrons.